The van der Waals surface area contributed by atoms with Gasteiger partial charge in [0.2, 0.25) is 15.8 Å². The lowest BCUT2D eigenvalue weighted by molar-refractivity contribution is 0.452. The molecular weight excluding hydrogens is 409 g/mol. The molecule has 0 radical (unpaired) electrons. The number of fused-ring (bicyclic) bond motifs is 1. The van der Waals surface area contributed by atoms with Gasteiger partial charge in [-0.15, -0.1) is 10.2 Å². The van der Waals surface area contributed by atoms with Gasteiger partial charge in [-0.25, -0.2) is 17.8 Å². The summed E-state index contributed by atoms with van der Waals surface area (Å²) in [7, 11) is -3.81. The molecule has 9 nitrogen and oxygen atoms in total. The third kappa shape index (κ3) is 2.97. The Bertz CT molecular complexity index is 1330. The Morgan fingerprint density at radius 3 is 2.83 bits per heavy atom. The van der Waals surface area contributed by atoms with Gasteiger partial charge >= 0.3 is 0 Å². The fourth-order valence-electron chi connectivity index (χ4n) is 4.03. The number of H-pyrrole nitrogens is 1. The number of sulfonamides is 1. The van der Waals surface area contributed by atoms with Crippen LogP contribution < -0.4 is 0 Å². The Hall–Kier alpha value is -3.18. The van der Waals surface area contributed by atoms with E-state index in [0.717, 1.165) is 22.9 Å². The maximum Gasteiger partial charge on any atom is 0.243 e. The van der Waals surface area contributed by atoms with Crippen molar-refractivity contribution in [2.75, 3.05) is 13.1 Å². The molecule has 0 amide bonds. The van der Waals surface area contributed by atoms with Crippen molar-refractivity contribution >= 4 is 21.1 Å². The molecule has 30 heavy (non-hydrogen) atoms. The van der Waals surface area contributed by atoms with Gasteiger partial charge in [-0.05, 0) is 48.9 Å². The van der Waals surface area contributed by atoms with Crippen molar-refractivity contribution in [3.8, 4) is 11.4 Å². The van der Waals surface area contributed by atoms with Gasteiger partial charge < -0.3 is 4.57 Å². The van der Waals surface area contributed by atoms with Crippen LogP contribution in [0.4, 0.5) is 4.39 Å². The maximum absolute atomic E-state index is 14.2. The molecule has 0 saturated carbocycles. The smallest absolute Gasteiger partial charge is 0.243 e. The summed E-state index contributed by atoms with van der Waals surface area (Å²) in [5.41, 5.74) is 1.86. The summed E-state index contributed by atoms with van der Waals surface area (Å²) in [4.78, 5) is 4.58. The highest BCUT2D eigenvalue weighted by Gasteiger charge is 2.35. The number of imidazole rings is 1. The predicted octanol–water partition coefficient (Wildman–Crippen LogP) is 2.30. The summed E-state index contributed by atoms with van der Waals surface area (Å²) in [5.74, 6) is 0.237. The van der Waals surface area contributed by atoms with E-state index in [1.54, 1.807) is 0 Å². The molecule has 0 bridgehead atoms. The molecule has 3 heterocycles. The van der Waals surface area contributed by atoms with Gasteiger partial charge in [-0.2, -0.15) is 9.52 Å². The van der Waals surface area contributed by atoms with Gasteiger partial charge in [0, 0.05) is 13.1 Å². The highest BCUT2D eigenvalue weighted by Crippen LogP contribution is 2.32. The van der Waals surface area contributed by atoms with Crippen molar-refractivity contribution in [1.29, 1.82) is 0 Å². The zero-order chi connectivity index (χ0) is 20.9. The van der Waals surface area contributed by atoms with Crippen LogP contribution in [0.5, 0.6) is 0 Å². The Labute approximate surface area is 171 Å². The van der Waals surface area contributed by atoms with Crippen LogP contribution in [0.25, 0.3) is 22.4 Å². The van der Waals surface area contributed by atoms with Crippen molar-refractivity contribution in [3.05, 3.63) is 54.1 Å². The molecule has 2 aromatic carbocycles. The first kappa shape index (κ1) is 18.8. The second-order valence-corrected chi connectivity index (χ2v) is 9.14. The molecular formula is C19H18FN7O2S. The molecule has 2 aromatic heterocycles. The SMILES string of the molecule is Cc1nc2ccccc2n1[C@@H]1CCN(S(=O)(=O)c2ccc(F)c(-c3nn[nH]n3)c2)C1. The van der Waals surface area contributed by atoms with E-state index in [1.165, 1.54) is 16.4 Å². The predicted molar refractivity (Wildman–Crippen MR) is 106 cm³/mol. The number of rotatable bonds is 4. The molecule has 1 aliphatic rings. The van der Waals surface area contributed by atoms with Gasteiger partial charge in [0.05, 0.1) is 27.5 Å². The number of nitrogens with zero attached hydrogens (tertiary/aromatic N) is 6. The molecule has 154 valence electrons. The van der Waals surface area contributed by atoms with Crippen LogP contribution in [0.15, 0.2) is 47.4 Å². The number of benzene rings is 2. The zero-order valence-electron chi connectivity index (χ0n) is 16.0. The average Bonchev–Trinajstić information content (AvgIpc) is 3.47. The van der Waals surface area contributed by atoms with Gasteiger partial charge in [0.1, 0.15) is 11.6 Å². The van der Waals surface area contributed by atoms with E-state index in [4.69, 9.17) is 0 Å². The van der Waals surface area contributed by atoms with Crippen molar-refractivity contribution in [2.24, 2.45) is 0 Å². The van der Waals surface area contributed by atoms with Crippen LogP contribution in [0, 0.1) is 12.7 Å². The monoisotopic (exact) mass is 427 g/mol. The summed E-state index contributed by atoms with van der Waals surface area (Å²) < 4.78 is 44.2. The molecule has 1 aliphatic heterocycles. The van der Waals surface area contributed by atoms with Crippen LogP contribution >= 0.6 is 0 Å². The highest BCUT2D eigenvalue weighted by molar-refractivity contribution is 7.89. The van der Waals surface area contributed by atoms with Crippen LogP contribution in [0.1, 0.15) is 18.3 Å². The normalized spacial score (nSPS) is 17.7. The number of para-hydroxylation sites is 2. The second kappa shape index (κ2) is 6.96. The maximum atomic E-state index is 14.2. The standard InChI is InChI=1S/C19H18FN7O2S/c1-12-21-17-4-2-3-5-18(17)27(12)13-8-9-26(11-13)30(28,29)14-6-7-16(20)15(10-14)19-22-24-25-23-19/h2-7,10,13H,8-9,11H2,1H3,(H,22,23,24,25)/t13-/m1/s1. The van der Waals surface area contributed by atoms with Crippen molar-refractivity contribution in [2.45, 2.75) is 24.3 Å². The summed E-state index contributed by atoms with van der Waals surface area (Å²) in [6, 6.07) is 11.4. The van der Waals surface area contributed by atoms with Gasteiger partial charge in [0.15, 0.2) is 0 Å². The summed E-state index contributed by atoms with van der Waals surface area (Å²) in [6.45, 7) is 2.61. The van der Waals surface area contributed by atoms with Crippen LogP contribution in [-0.4, -0.2) is 56.0 Å². The van der Waals surface area contributed by atoms with Crippen molar-refractivity contribution in [1.82, 2.24) is 34.5 Å². The van der Waals surface area contributed by atoms with E-state index in [1.807, 2.05) is 31.2 Å². The van der Waals surface area contributed by atoms with E-state index in [-0.39, 0.29) is 22.3 Å². The van der Waals surface area contributed by atoms with E-state index >= 15 is 0 Å². The molecule has 1 fully saturated rings. The molecule has 1 saturated heterocycles. The van der Waals surface area contributed by atoms with Gasteiger partial charge in [0.25, 0.3) is 0 Å². The van der Waals surface area contributed by atoms with Crippen LogP contribution in [0.2, 0.25) is 0 Å². The number of halogens is 1. The minimum Gasteiger partial charge on any atom is -0.324 e. The first-order chi connectivity index (χ1) is 14.4. The number of tetrazole rings is 1. The Kier molecular flexibility index (Phi) is 4.36. The average molecular weight is 427 g/mol. The highest BCUT2D eigenvalue weighted by atomic mass is 32.2. The quantitative estimate of drug-likeness (QED) is 0.535. The van der Waals surface area contributed by atoms with E-state index in [2.05, 4.69) is 30.2 Å². The number of hydrogen-bond donors (Lipinski definition) is 1. The van der Waals surface area contributed by atoms with Gasteiger partial charge in [-0.1, -0.05) is 12.1 Å². The Balaban J connectivity index is 1.47. The first-order valence-corrected chi connectivity index (χ1v) is 10.9. The van der Waals surface area contributed by atoms with Crippen molar-refractivity contribution < 1.29 is 12.8 Å². The molecule has 0 aliphatic carbocycles. The molecule has 4 aromatic rings. The molecule has 11 heteroatoms. The van der Waals surface area contributed by atoms with Crippen molar-refractivity contribution in [3.63, 3.8) is 0 Å². The topological polar surface area (TPSA) is 110 Å². The third-order valence-electron chi connectivity index (χ3n) is 5.43. The minimum atomic E-state index is -3.81. The first-order valence-electron chi connectivity index (χ1n) is 9.42. The number of aromatic amines is 1. The number of hydrogen-bond acceptors (Lipinski definition) is 6. The third-order valence-corrected chi connectivity index (χ3v) is 7.29. The second-order valence-electron chi connectivity index (χ2n) is 7.20. The molecule has 1 atom stereocenters. The minimum absolute atomic E-state index is 0.00318. The molecule has 0 spiro atoms. The number of nitrogens with one attached hydrogen (secondary N) is 1. The van der Waals surface area contributed by atoms with E-state index < -0.39 is 15.8 Å². The fourth-order valence-corrected chi connectivity index (χ4v) is 5.55. The Morgan fingerprint density at radius 1 is 1.20 bits per heavy atom. The Morgan fingerprint density at radius 2 is 2.03 bits per heavy atom. The fraction of sp³-hybridized carbons (Fsp3) is 0.263. The zero-order valence-corrected chi connectivity index (χ0v) is 16.8. The lowest BCUT2D eigenvalue weighted by atomic mass is 10.2. The number of aryl methyl sites for hydroxylation is 1. The number of aromatic nitrogens is 6. The summed E-state index contributed by atoms with van der Waals surface area (Å²) in [5, 5.41) is 13.1. The van der Waals surface area contributed by atoms with E-state index in [0.29, 0.717) is 19.5 Å². The molecule has 5 rings (SSSR count). The molecule has 1 N–H and O–H groups in total. The largest absolute Gasteiger partial charge is 0.324 e. The lowest BCUT2D eigenvalue weighted by Gasteiger charge is -2.19. The van der Waals surface area contributed by atoms with Gasteiger partial charge in [-0.3, -0.25) is 0 Å². The van der Waals surface area contributed by atoms with Crippen LogP contribution in [0.3, 0.4) is 0 Å². The van der Waals surface area contributed by atoms with E-state index in [9.17, 15) is 12.8 Å². The summed E-state index contributed by atoms with van der Waals surface area (Å²) >= 11 is 0. The lowest BCUT2D eigenvalue weighted by Crippen LogP contribution is -2.29. The van der Waals surface area contributed by atoms with Crippen LogP contribution in [-0.2, 0) is 10.0 Å². The molecule has 0 unspecified atom stereocenters. The summed E-state index contributed by atoms with van der Waals surface area (Å²) in [6.07, 6.45) is 0.666.